The van der Waals surface area contributed by atoms with Crippen molar-refractivity contribution in [3.05, 3.63) is 24.3 Å². The number of carbonyl (C=O) groups excluding carboxylic acids is 1. The number of allylic oxidation sites excluding steroid dienone is 3. The predicted molar refractivity (Wildman–Crippen MR) is 218 cm³/mol. The molecule has 296 valence electrons. The standard InChI is InChI=1S/C45H87NO4/c1-3-5-7-9-11-13-15-17-18-19-20-21-22-23-24-25-26-28-30-32-34-36-38-40-44(49)45(50)46-42(41-47)43(48)39-37-35-33-31-29-27-16-14-12-10-8-6-4-2/h8,10,37,39,42-44,47-49H,3-7,9,11-36,38,40-41H2,1-2H3,(H,46,50)/b10-8-,39-37+/t42-,43+,44?/m0/s1. The van der Waals surface area contributed by atoms with Crippen molar-refractivity contribution in [3.63, 3.8) is 0 Å². The Balaban J connectivity index is 3.60. The van der Waals surface area contributed by atoms with E-state index in [9.17, 15) is 20.1 Å². The van der Waals surface area contributed by atoms with Crippen LogP contribution in [0.25, 0.3) is 0 Å². The first-order valence-electron chi connectivity index (χ1n) is 22.2. The first kappa shape index (κ1) is 48.8. The Kier molecular flexibility index (Phi) is 39.6. The molecule has 0 fully saturated rings. The van der Waals surface area contributed by atoms with Crippen LogP contribution in [0.15, 0.2) is 24.3 Å². The van der Waals surface area contributed by atoms with Gasteiger partial charge in [-0.15, -0.1) is 0 Å². The second-order valence-electron chi connectivity index (χ2n) is 15.3. The van der Waals surface area contributed by atoms with E-state index in [0.29, 0.717) is 6.42 Å². The second kappa shape index (κ2) is 40.6. The first-order chi connectivity index (χ1) is 24.6. The maximum Gasteiger partial charge on any atom is 0.249 e. The van der Waals surface area contributed by atoms with Crippen LogP contribution in [-0.2, 0) is 4.79 Å². The highest BCUT2D eigenvalue weighted by atomic mass is 16.3. The van der Waals surface area contributed by atoms with Crippen molar-refractivity contribution in [2.75, 3.05) is 6.61 Å². The number of rotatable bonds is 40. The smallest absolute Gasteiger partial charge is 0.249 e. The summed E-state index contributed by atoms with van der Waals surface area (Å²) in [6.45, 7) is 4.13. The number of amides is 1. The summed E-state index contributed by atoms with van der Waals surface area (Å²) in [4.78, 5) is 12.4. The van der Waals surface area contributed by atoms with Crippen LogP contribution in [0.5, 0.6) is 0 Å². The van der Waals surface area contributed by atoms with E-state index in [0.717, 1.165) is 32.1 Å². The SMILES string of the molecule is CCC/C=C\CCCCCCCC/C=C/[C@@H](O)[C@H](CO)NC(=O)C(O)CCCCCCCCCCCCCCCCCCCCCCCCC. The van der Waals surface area contributed by atoms with Crippen LogP contribution in [0.4, 0.5) is 0 Å². The molecule has 0 saturated heterocycles. The molecule has 0 aliphatic rings. The zero-order valence-corrected chi connectivity index (χ0v) is 33.5. The summed E-state index contributed by atoms with van der Waals surface area (Å²) in [6.07, 6.45) is 49.3. The summed E-state index contributed by atoms with van der Waals surface area (Å²) < 4.78 is 0. The molecule has 0 spiro atoms. The van der Waals surface area contributed by atoms with E-state index in [2.05, 4.69) is 31.3 Å². The molecule has 0 rings (SSSR count). The van der Waals surface area contributed by atoms with Crippen molar-refractivity contribution in [1.82, 2.24) is 5.32 Å². The molecule has 0 heterocycles. The molecular formula is C45H87NO4. The quantitative estimate of drug-likeness (QED) is 0.0377. The maximum atomic E-state index is 12.4. The molecule has 0 aromatic carbocycles. The van der Waals surface area contributed by atoms with Gasteiger partial charge in [0.05, 0.1) is 18.8 Å². The Morgan fingerprint density at radius 3 is 1.24 bits per heavy atom. The molecule has 0 aromatic heterocycles. The van der Waals surface area contributed by atoms with Gasteiger partial charge < -0.3 is 20.6 Å². The fourth-order valence-corrected chi connectivity index (χ4v) is 6.78. The molecule has 5 heteroatoms. The van der Waals surface area contributed by atoms with Crippen LogP contribution in [0.3, 0.4) is 0 Å². The van der Waals surface area contributed by atoms with Crippen LogP contribution in [0.1, 0.15) is 232 Å². The Morgan fingerprint density at radius 2 is 0.840 bits per heavy atom. The van der Waals surface area contributed by atoms with Crippen LogP contribution in [0.2, 0.25) is 0 Å². The number of carbonyl (C=O) groups is 1. The molecule has 4 N–H and O–H groups in total. The number of hydrogen-bond acceptors (Lipinski definition) is 4. The minimum atomic E-state index is -1.09. The topological polar surface area (TPSA) is 89.8 Å². The van der Waals surface area contributed by atoms with Gasteiger partial charge in [-0.3, -0.25) is 4.79 Å². The average Bonchev–Trinajstić information content (AvgIpc) is 3.12. The van der Waals surface area contributed by atoms with Gasteiger partial charge in [0.1, 0.15) is 6.10 Å². The van der Waals surface area contributed by atoms with Crippen molar-refractivity contribution < 1.29 is 20.1 Å². The lowest BCUT2D eigenvalue weighted by Crippen LogP contribution is -2.48. The van der Waals surface area contributed by atoms with Gasteiger partial charge in [0.25, 0.3) is 0 Å². The maximum absolute atomic E-state index is 12.4. The molecule has 0 aromatic rings. The molecule has 0 aliphatic carbocycles. The molecule has 0 radical (unpaired) electrons. The third kappa shape index (κ3) is 35.2. The third-order valence-corrected chi connectivity index (χ3v) is 10.3. The lowest BCUT2D eigenvalue weighted by molar-refractivity contribution is -0.131. The van der Waals surface area contributed by atoms with Gasteiger partial charge in [-0.2, -0.15) is 0 Å². The molecule has 1 amide bonds. The molecule has 5 nitrogen and oxygen atoms in total. The number of nitrogens with one attached hydrogen (secondary N) is 1. The van der Waals surface area contributed by atoms with E-state index in [4.69, 9.17) is 0 Å². The fraction of sp³-hybridized carbons (Fsp3) is 0.889. The number of aliphatic hydroxyl groups excluding tert-OH is 3. The summed E-state index contributed by atoms with van der Waals surface area (Å²) in [6, 6.07) is -0.797. The van der Waals surface area contributed by atoms with Crippen molar-refractivity contribution in [3.8, 4) is 0 Å². The van der Waals surface area contributed by atoms with Crippen LogP contribution in [0, 0.1) is 0 Å². The lowest BCUT2D eigenvalue weighted by atomic mass is 10.0. The monoisotopic (exact) mass is 706 g/mol. The van der Waals surface area contributed by atoms with E-state index in [1.807, 2.05) is 6.08 Å². The van der Waals surface area contributed by atoms with Gasteiger partial charge >= 0.3 is 0 Å². The van der Waals surface area contributed by atoms with Gasteiger partial charge in [0, 0.05) is 0 Å². The fourth-order valence-electron chi connectivity index (χ4n) is 6.78. The van der Waals surface area contributed by atoms with Crippen molar-refractivity contribution in [2.24, 2.45) is 0 Å². The van der Waals surface area contributed by atoms with Crippen LogP contribution in [-0.4, -0.2) is 46.1 Å². The minimum Gasteiger partial charge on any atom is -0.394 e. The van der Waals surface area contributed by atoms with E-state index in [-0.39, 0.29) is 6.61 Å². The van der Waals surface area contributed by atoms with Gasteiger partial charge in [0.2, 0.25) is 5.91 Å². The highest BCUT2D eigenvalue weighted by Crippen LogP contribution is 2.16. The van der Waals surface area contributed by atoms with Crippen molar-refractivity contribution in [1.29, 1.82) is 0 Å². The van der Waals surface area contributed by atoms with Gasteiger partial charge in [-0.05, 0) is 38.5 Å². The predicted octanol–water partition coefficient (Wildman–Crippen LogP) is 12.6. The number of hydrogen-bond donors (Lipinski definition) is 4. The first-order valence-corrected chi connectivity index (χ1v) is 22.2. The van der Waals surface area contributed by atoms with Gasteiger partial charge in [-0.1, -0.05) is 218 Å². The Morgan fingerprint density at radius 1 is 0.480 bits per heavy atom. The lowest BCUT2D eigenvalue weighted by Gasteiger charge is -2.21. The van der Waals surface area contributed by atoms with Gasteiger partial charge in [0.15, 0.2) is 0 Å². The molecular weight excluding hydrogens is 618 g/mol. The molecule has 0 saturated carbocycles. The molecule has 0 aliphatic heterocycles. The Labute approximate surface area is 312 Å². The summed E-state index contributed by atoms with van der Waals surface area (Å²) in [5, 5.41) is 33.1. The summed E-state index contributed by atoms with van der Waals surface area (Å²) in [5.74, 6) is -0.504. The largest absolute Gasteiger partial charge is 0.394 e. The third-order valence-electron chi connectivity index (χ3n) is 10.3. The Bertz CT molecular complexity index is 739. The molecule has 0 bridgehead atoms. The molecule has 1 unspecified atom stereocenters. The molecule has 50 heavy (non-hydrogen) atoms. The van der Waals surface area contributed by atoms with Crippen molar-refractivity contribution >= 4 is 5.91 Å². The summed E-state index contributed by atoms with van der Waals surface area (Å²) in [7, 11) is 0. The summed E-state index contributed by atoms with van der Waals surface area (Å²) in [5.41, 5.74) is 0. The van der Waals surface area contributed by atoms with Crippen molar-refractivity contribution in [2.45, 2.75) is 250 Å². The highest BCUT2D eigenvalue weighted by Gasteiger charge is 2.22. The number of unbranched alkanes of at least 4 members (excludes halogenated alkanes) is 30. The summed E-state index contributed by atoms with van der Waals surface area (Å²) >= 11 is 0. The Hall–Kier alpha value is -1.17. The second-order valence-corrected chi connectivity index (χ2v) is 15.3. The van der Waals surface area contributed by atoms with E-state index in [1.54, 1.807) is 6.08 Å². The van der Waals surface area contributed by atoms with E-state index < -0.39 is 24.2 Å². The molecule has 3 atom stereocenters. The zero-order chi connectivity index (χ0) is 36.6. The van der Waals surface area contributed by atoms with Crippen LogP contribution < -0.4 is 5.32 Å². The zero-order valence-electron chi connectivity index (χ0n) is 33.5. The van der Waals surface area contributed by atoms with E-state index >= 15 is 0 Å². The van der Waals surface area contributed by atoms with Gasteiger partial charge in [-0.25, -0.2) is 0 Å². The normalized spacial score (nSPS) is 13.8. The van der Waals surface area contributed by atoms with E-state index in [1.165, 1.54) is 180 Å². The highest BCUT2D eigenvalue weighted by molar-refractivity contribution is 5.80. The van der Waals surface area contributed by atoms with Crippen LogP contribution >= 0.6 is 0 Å². The minimum absolute atomic E-state index is 0.364. The number of aliphatic hydroxyl groups is 3. The average molecular weight is 706 g/mol.